The molecule has 0 spiro atoms. The van der Waals surface area contributed by atoms with Gasteiger partial charge in [0.2, 0.25) is 5.89 Å². The van der Waals surface area contributed by atoms with Gasteiger partial charge in [0.25, 0.3) is 0 Å². The first-order chi connectivity index (χ1) is 7.76. The number of hydrogen-bond donors (Lipinski definition) is 1. The van der Waals surface area contributed by atoms with E-state index in [1.807, 2.05) is 20.2 Å². The Kier molecular flexibility index (Phi) is 3.41. The standard InChI is InChI=1S/C12H16N2OS/c1-4-9-5-6-16-11(9)10-7-14-12(15-10)8(2)13-3/h5-8,13H,4H2,1-3H3. The van der Waals surface area contributed by atoms with Crippen LogP contribution in [0.15, 0.2) is 22.1 Å². The van der Waals surface area contributed by atoms with E-state index >= 15 is 0 Å². The fraction of sp³-hybridized carbons (Fsp3) is 0.417. The van der Waals surface area contributed by atoms with Crippen LogP contribution in [0.3, 0.4) is 0 Å². The van der Waals surface area contributed by atoms with E-state index in [4.69, 9.17) is 4.42 Å². The topological polar surface area (TPSA) is 38.1 Å². The Balaban J connectivity index is 2.31. The third kappa shape index (κ3) is 2.03. The Morgan fingerprint density at radius 1 is 1.56 bits per heavy atom. The van der Waals surface area contributed by atoms with Crippen LogP contribution in [0.25, 0.3) is 10.6 Å². The van der Waals surface area contributed by atoms with Gasteiger partial charge in [-0.3, -0.25) is 0 Å². The maximum absolute atomic E-state index is 5.76. The van der Waals surface area contributed by atoms with Crippen LogP contribution in [0.1, 0.15) is 31.3 Å². The molecule has 0 fully saturated rings. The summed E-state index contributed by atoms with van der Waals surface area (Å²) < 4.78 is 5.76. The molecule has 2 aromatic rings. The zero-order valence-corrected chi connectivity index (χ0v) is 10.6. The van der Waals surface area contributed by atoms with Crippen LogP contribution in [0.5, 0.6) is 0 Å². The average molecular weight is 236 g/mol. The van der Waals surface area contributed by atoms with Crippen LogP contribution in [-0.2, 0) is 6.42 Å². The predicted octanol–water partition coefficient (Wildman–Crippen LogP) is 3.25. The van der Waals surface area contributed by atoms with E-state index < -0.39 is 0 Å². The quantitative estimate of drug-likeness (QED) is 0.885. The van der Waals surface area contributed by atoms with Crippen molar-refractivity contribution in [3.8, 4) is 10.6 Å². The maximum Gasteiger partial charge on any atom is 0.211 e. The highest BCUT2D eigenvalue weighted by Gasteiger charge is 2.14. The molecule has 0 amide bonds. The number of thiophene rings is 1. The number of rotatable bonds is 4. The summed E-state index contributed by atoms with van der Waals surface area (Å²) in [5.74, 6) is 1.62. The molecule has 2 heterocycles. The Morgan fingerprint density at radius 3 is 3.06 bits per heavy atom. The Bertz CT molecular complexity index is 461. The molecule has 2 rings (SSSR count). The number of aryl methyl sites for hydroxylation is 1. The van der Waals surface area contributed by atoms with E-state index in [0.29, 0.717) is 0 Å². The van der Waals surface area contributed by atoms with Gasteiger partial charge in [-0.2, -0.15) is 0 Å². The third-order valence-corrected chi connectivity index (χ3v) is 3.65. The van der Waals surface area contributed by atoms with Crippen LogP contribution >= 0.6 is 11.3 Å². The van der Waals surface area contributed by atoms with Crippen molar-refractivity contribution in [1.29, 1.82) is 0 Å². The Labute approximate surface area is 99.5 Å². The van der Waals surface area contributed by atoms with E-state index in [1.165, 1.54) is 10.4 Å². The maximum atomic E-state index is 5.76. The van der Waals surface area contributed by atoms with E-state index in [2.05, 4.69) is 28.7 Å². The molecule has 0 saturated carbocycles. The van der Waals surface area contributed by atoms with Crippen LogP contribution in [-0.4, -0.2) is 12.0 Å². The summed E-state index contributed by atoms with van der Waals surface area (Å²) in [7, 11) is 1.90. The molecule has 0 saturated heterocycles. The zero-order chi connectivity index (χ0) is 11.5. The van der Waals surface area contributed by atoms with Gasteiger partial charge in [-0.05, 0) is 37.4 Å². The summed E-state index contributed by atoms with van der Waals surface area (Å²) in [6.07, 6.45) is 2.84. The summed E-state index contributed by atoms with van der Waals surface area (Å²) >= 11 is 1.71. The van der Waals surface area contributed by atoms with Crippen molar-refractivity contribution in [2.75, 3.05) is 7.05 Å². The zero-order valence-electron chi connectivity index (χ0n) is 9.78. The first kappa shape index (κ1) is 11.4. The van der Waals surface area contributed by atoms with Crippen molar-refractivity contribution >= 4 is 11.3 Å². The van der Waals surface area contributed by atoms with Crippen LogP contribution in [0.4, 0.5) is 0 Å². The van der Waals surface area contributed by atoms with Gasteiger partial charge in [0.15, 0.2) is 5.76 Å². The molecular formula is C12H16N2OS. The minimum absolute atomic E-state index is 0.152. The number of aromatic nitrogens is 1. The SMILES string of the molecule is CCc1ccsc1-c1cnc(C(C)NC)o1. The molecule has 0 aliphatic rings. The van der Waals surface area contributed by atoms with Gasteiger partial charge in [0, 0.05) is 0 Å². The first-order valence-electron chi connectivity index (χ1n) is 5.46. The molecule has 4 heteroatoms. The van der Waals surface area contributed by atoms with Gasteiger partial charge in [0.05, 0.1) is 17.1 Å². The van der Waals surface area contributed by atoms with Gasteiger partial charge in [0.1, 0.15) is 0 Å². The largest absolute Gasteiger partial charge is 0.438 e. The monoisotopic (exact) mass is 236 g/mol. The van der Waals surface area contributed by atoms with Crippen molar-refractivity contribution in [3.63, 3.8) is 0 Å². The smallest absolute Gasteiger partial charge is 0.211 e. The summed E-state index contributed by atoms with van der Waals surface area (Å²) in [5, 5.41) is 5.21. The molecule has 0 aliphatic carbocycles. The highest BCUT2D eigenvalue weighted by Crippen LogP contribution is 2.31. The minimum atomic E-state index is 0.152. The van der Waals surface area contributed by atoms with E-state index in [-0.39, 0.29) is 6.04 Å². The van der Waals surface area contributed by atoms with Gasteiger partial charge in [-0.1, -0.05) is 6.92 Å². The normalized spacial score (nSPS) is 12.9. The molecule has 1 N–H and O–H groups in total. The summed E-state index contributed by atoms with van der Waals surface area (Å²) in [5.41, 5.74) is 1.32. The highest BCUT2D eigenvalue weighted by molar-refractivity contribution is 7.13. The van der Waals surface area contributed by atoms with Crippen LogP contribution in [0, 0.1) is 0 Å². The van der Waals surface area contributed by atoms with E-state index in [0.717, 1.165) is 18.1 Å². The molecule has 3 nitrogen and oxygen atoms in total. The second-order valence-corrected chi connectivity index (χ2v) is 4.62. The van der Waals surface area contributed by atoms with E-state index in [1.54, 1.807) is 11.3 Å². The Hall–Kier alpha value is -1.13. The number of nitrogens with one attached hydrogen (secondary N) is 1. The van der Waals surface area contributed by atoms with Crippen molar-refractivity contribution in [2.24, 2.45) is 0 Å². The average Bonchev–Trinajstić information content (AvgIpc) is 2.95. The number of nitrogens with zero attached hydrogens (tertiary/aromatic N) is 1. The van der Waals surface area contributed by atoms with Crippen LogP contribution in [0.2, 0.25) is 0 Å². The molecule has 0 radical (unpaired) electrons. The van der Waals surface area contributed by atoms with Gasteiger partial charge in [-0.15, -0.1) is 11.3 Å². The molecule has 0 aromatic carbocycles. The highest BCUT2D eigenvalue weighted by atomic mass is 32.1. The van der Waals surface area contributed by atoms with Gasteiger partial charge >= 0.3 is 0 Å². The molecular weight excluding hydrogens is 220 g/mol. The van der Waals surface area contributed by atoms with Gasteiger partial charge < -0.3 is 9.73 Å². The molecule has 16 heavy (non-hydrogen) atoms. The summed E-state index contributed by atoms with van der Waals surface area (Å²) in [4.78, 5) is 5.49. The van der Waals surface area contributed by atoms with Crippen molar-refractivity contribution < 1.29 is 4.42 Å². The summed E-state index contributed by atoms with van der Waals surface area (Å²) in [6.45, 7) is 4.18. The van der Waals surface area contributed by atoms with Crippen molar-refractivity contribution in [2.45, 2.75) is 26.3 Å². The fourth-order valence-corrected chi connectivity index (χ4v) is 2.49. The molecule has 1 unspecified atom stereocenters. The van der Waals surface area contributed by atoms with E-state index in [9.17, 15) is 0 Å². The third-order valence-electron chi connectivity index (χ3n) is 2.68. The molecule has 2 aromatic heterocycles. The van der Waals surface area contributed by atoms with Crippen molar-refractivity contribution in [1.82, 2.24) is 10.3 Å². The Morgan fingerprint density at radius 2 is 2.38 bits per heavy atom. The second-order valence-electron chi connectivity index (χ2n) is 3.70. The molecule has 1 atom stereocenters. The fourth-order valence-electron chi connectivity index (χ4n) is 1.55. The molecule has 0 bridgehead atoms. The lowest BCUT2D eigenvalue weighted by Crippen LogP contribution is -2.12. The predicted molar refractivity (Wildman–Crippen MR) is 66.7 cm³/mol. The lowest BCUT2D eigenvalue weighted by molar-refractivity contribution is 0.442. The van der Waals surface area contributed by atoms with Crippen molar-refractivity contribution in [3.05, 3.63) is 29.1 Å². The van der Waals surface area contributed by atoms with Gasteiger partial charge in [-0.25, -0.2) is 4.98 Å². The van der Waals surface area contributed by atoms with Crippen LogP contribution < -0.4 is 5.32 Å². The lowest BCUT2D eigenvalue weighted by atomic mass is 10.2. The second kappa shape index (κ2) is 4.80. The summed E-state index contributed by atoms with van der Waals surface area (Å²) in [6, 6.07) is 2.29. The number of oxazole rings is 1. The lowest BCUT2D eigenvalue weighted by Gasteiger charge is -2.03. The minimum Gasteiger partial charge on any atom is -0.438 e. The molecule has 0 aliphatic heterocycles. The number of hydrogen-bond acceptors (Lipinski definition) is 4. The molecule has 86 valence electrons. The first-order valence-corrected chi connectivity index (χ1v) is 6.34.